The van der Waals surface area contributed by atoms with Crippen molar-refractivity contribution in [3.8, 4) is 0 Å². The lowest BCUT2D eigenvalue weighted by atomic mass is 10.1. The van der Waals surface area contributed by atoms with Crippen LogP contribution in [0, 0.1) is 6.92 Å². The highest BCUT2D eigenvalue weighted by atomic mass is 127. The molecule has 1 aromatic heterocycles. The smallest absolute Gasteiger partial charge is 0.376 e. The molecule has 1 saturated heterocycles. The van der Waals surface area contributed by atoms with Crippen LogP contribution in [-0.4, -0.2) is 40.0 Å². The van der Waals surface area contributed by atoms with Crippen LogP contribution >= 0.6 is 24.0 Å². The van der Waals surface area contributed by atoms with E-state index in [4.69, 9.17) is 4.74 Å². The predicted octanol–water partition coefficient (Wildman–Crippen LogP) is 3.17. The second-order valence-electron chi connectivity index (χ2n) is 6.95. The zero-order chi connectivity index (χ0) is 20.9. The Morgan fingerprint density at radius 3 is 2.53 bits per heavy atom. The summed E-state index contributed by atoms with van der Waals surface area (Å²) in [6.07, 6.45) is -2.19. The summed E-state index contributed by atoms with van der Waals surface area (Å²) in [5.41, 5.74) is 0.0171. The number of hydrogen-bond donors (Lipinski definition) is 2. The fourth-order valence-corrected chi connectivity index (χ4v) is 2.93. The molecule has 0 spiro atoms. The number of aromatic nitrogens is 3. The number of alkyl halides is 3. The van der Waals surface area contributed by atoms with Gasteiger partial charge in [0.2, 0.25) is 0 Å². The van der Waals surface area contributed by atoms with Gasteiger partial charge in [0.15, 0.2) is 11.8 Å². The van der Waals surface area contributed by atoms with Gasteiger partial charge in [-0.15, -0.1) is 34.2 Å². The SMILES string of the molecule is Cc1nnc(CNC(=NCc2ccc(C(F)(F)F)cc2)NCC2CCCO2)n1C.I. The molecule has 3 rings (SSSR count). The molecule has 0 aliphatic carbocycles. The van der Waals surface area contributed by atoms with E-state index in [0.717, 1.165) is 43.2 Å². The molecule has 0 amide bonds. The van der Waals surface area contributed by atoms with Gasteiger partial charge in [0.05, 0.1) is 24.8 Å². The Balaban J connectivity index is 0.00000320. The molecule has 2 N–H and O–H groups in total. The molecular weight excluding hydrogens is 512 g/mol. The number of rotatable bonds is 6. The Morgan fingerprint density at radius 2 is 1.97 bits per heavy atom. The number of nitrogens with zero attached hydrogens (tertiary/aromatic N) is 4. The third-order valence-electron chi connectivity index (χ3n) is 4.82. The van der Waals surface area contributed by atoms with E-state index in [-0.39, 0.29) is 36.6 Å². The molecule has 0 saturated carbocycles. The van der Waals surface area contributed by atoms with Crippen LogP contribution in [0.4, 0.5) is 13.2 Å². The molecule has 0 radical (unpaired) electrons. The molecular formula is C19H26F3IN6O. The Bertz CT molecular complexity index is 832. The standard InChI is InChI=1S/C19H25F3N6O.HI/c1-13-26-27-17(28(13)2)12-25-18(24-11-16-4-3-9-29-16)23-10-14-5-7-15(8-6-14)19(20,21)22;/h5-8,16H,3-4,9-12H2,1-2H3,(H2,23,24,25);1H. The van der Waals surface area contributed by atoms with Crippen LogP contribution in [0.15, 0.2) is 29.3 Å². The van der Waals surface area contributed by atoms with Gasteiger partial charge in [-0.05, 0) is 37.5 Å². The number of nitrogens with one attached hydrogen (secondary N) is 2. The van der Waals surface area contributed by atoms with Crippen molar-refractivity contribution in [1.82, 2.24) is 25.4 Å². The predicted molar refractivity (Wildman–Crippen MR) is 118 cm³/mol. The highest BCUT2D eigenvalue weighted by Gasteiger charge is 2.29. The first-order valence-electron chi connectivity index (χ1n) is 9.47. The van der Waals surface area contributed by atoms with Gasteiger partial charge in [-0.25, -0.2) is 4.99 Å². The molecule has 166 valence electrons. The van der Waals surface area contributed by atoms with Crippen molar-refractivity contribution >= 4 is 29.9 Å². The average molecular weight is 538 g/mol. The van der Waals surface area contributed by atoms with Crippen LogP contribution in [0.2, 0.25) is 0 Å². The summed E-state index contributed by atoms with van der Waals surface area (Å²) in [5.74, 6) is 2.10. The summed E-state index contributed by atoms with van der Waals surface area (Å²) in [6.45, 7) is 3.90. The lowest BCUT2D eigenvalue weighted by molar-refractivity contribution is -0.137. The quantitative estimate of drug-likeness (QED) is 0.336. The molecule has 1 aromatic carbocycles. The van der Waals surface area contributed by atoms with Gasteiger partial charge in [0, 0.05) is 20.2 Å². The zero-order valence-electron chi connectivity index (χ0n) is 16.9. The number of hydrogen-bond acceptors (Lipinski definition) is 4. The van der Waals surface area contributed by atoms with E-state index >= 15 is 0 Å². The largest absolute Gasteiger partial charge is 0.416 e. The molecule has 2 heterocycles. The first kappa shape index (κ1) is 24.4. The second kappa shape index (κ2) is 10.9. The minimum Gasteiger partial charge on any atom is -0.376 e. The molecule has 1 fully saturated rings. The topological polar surface area (TPSA) is 76.4 Å². The Morgan fingerprint density at radius 1 is 1.23 bits per heavy atom. The van der Waals surface area contributed by atoms with E-state index in [2.05, 4.69) is 25.8 Å². The summed E-state index contributed by atoms with van der Waals surface area (Å²) < 4.78 is 45.6. The number of halogens is 4. The van der Waals surface area contributed by atoms with Crippen molar-refractivity contribution in [3.05, 3.63) is 47.0 Å². The molecule has 7 nitrogen and oxygen atoms in total. The van der Waals surface area contributed by atoms with Crippen LogP contribution < -0.4 is 10.6 Å². The van der Waals surface area contributed by atoms with Crippen molar-refractivity contribution in [2.75, 3.05) is 13.2 Å². The molecule has 2 aromatic rings. The Hall–Kier alpha value is -1.89. The minimum atomic E-state index is -4.34. The summed E-state index contributed by atoms with van der Waals surface area (Å²) in [6, 6.07) is 5.02. The van der Waals surface area contributed by atoms with Crippen LogP contribution in [0.5, 0.6) is 0 Å². The summed E-state index contributed by atoms with van der Waals surface area (Å²) in [5, 5.41) is 14.6. The fourth-order valence-electron chi connectivity index (χ4n) is 2.93. The summed E-state index contributed by atoms with van der Waals surface area (Å²) in [4.78, 5) is 4.50. The van der Waals surface area contributed by atoms with Crippen molar-refractivity contribution in [1.29, 1.82) is 0 Å². The number of guanidine groups is 1. The minimum absolute atomic E-state index is 0. The van der Waals surface area contributed by atoms with Crippen molar-refractivity contribution in [2.45, 2.75) is 45.1 Å². The fraction of sp³-hybridized carbons (Fsp3) is 0.526. The van der Waals surface area contributed by atoms with Gasteiger partial charge in [-0.3, -0.25) is 0 Å². The van der Waals surface area contributed by atoms with Gasteiger partial charge >= 0.3 is 6.18 Å². The van der Waals surface area contributed by atoms with E-state index in [1.165, 1.54) is 12.1 Å². The van der Waals surface area contributed by atoms with Crippen LogP contribution in [0.3, 0.4) is 0 Å². The van der Waals surface area contributed by atoms with E-state index in [1.54, 1.807) is 0 Å². The summed E-state index contributed by atoms with van der Waals surface area (Å²) in [7, 11) is 1.88. The van der Waals surface area contributed by atoms with E-state index in [9.17, 15) is 13.2 Å². The lowest BCUT2D eigenvalue weighted by Gasteiger charge is -2.15. The number of ether oxygens (including phenoxy) is 1. The highest BCUT2D eigenvalue weighted by Crippen LogP contribution is 2.29. The number of benzene rings is 1. The molecule has 11 heteroatoms. The first-order valence-corrected chi connectivity index (χ1v) is 9.47. The molecule has 1 unspecified atom stereocenters. The second-order valence-corrected chi connectivity index (χ2v) is 6.95. The highest BCUT2D eigenvalue weighted by molar-refractivity contribution is 14.0. The molecule has 0 bridgehead atoms. The van der Waals surface area contributed by atoms with Gasteiger partial charge in [-0.2, -0.15) is 13.2 Å². The molecule has 30 heavy (non-hydrogen) atoms. The van der Waals surface area contributed by atoms with Gasteiger partial charge in [-0.1, -0.05) is 12.1 Å². The number of aliphatic imine (C=N–C) groups is 1. The monoisotopic (exact) mass is 538 g/mol. The van der Waals surface area contributed by atoms with Gasteiger partial charge < -0.3 is 19.9 Å². The molecule has 1 atom stereocenters. The van der Waals surface area contributed by atoms with Crippen LogP contribution in [-0.2, 0) is 31.1 Å². The maximum Gasteiger partial charge on any atom is 0.416 e. The zero-order valence-corrected chi connectivity index (χ0v) is 19.2. The van der Waals surface area contributed by atoms with E-state index in [0.29, 0.717) is 24.6 Å². The summed E-state index contributed by atoms with van der Waals surface area (Å²) >= 11 is 0. The molecule has 1 aliphatic rings. The Kier molecular flexibility index (Phi) is 8.89. The number of aryl methyl sites for hydroxylation is 1. The van der Waals surface area contributed by atoms with Crippen molar-refractivity contribution < 1.29 is 17.9 Å². The third-order valence-corrected chi connectivity index (χ3v) is 4.82. The van der Waals surface area contributed by atoms with Gasteiger partial charge in [0.25, 0.3) is 0 Å². The maximum absolute atomic E-state index is 12.7. The lowest BCUT2D eigenvalue weighted by Crippen LogP contribution is -2.41. The van der Waals surface area contributed by atoms with E-state index in [1.807, 2.05) is 18.5 Å². The molecule has 1 aliphatic heterocycles. The van der Waals surface area contributed by atoms with Crippen LogP contribution in [0.25, 0.3) is 0 Å². The third kappa shape index (κ3) is 6.83. The Labute approximate surface area is 190 Å². The van der Waals surface area contributed by atoms with Crippen molar-refractivity contribution in [3.63, 3.8) is 0 Å². The first-order chi connectivity index (χ1) is 13.8. The normalized spacial score (nSPS) is 17.0. The van der Waals surface area contributed by atoms with E-state index < -0.39 is 11.7 Å². The van der Waals surface area contributed by atoms with Gasteiger partial charge in [0.1, 0.15) is 5.82 Å². The van der Waals surface area contributed by atoms with Crippen molar-refractivity contribution in [2.24, 2.45) is 12.0 Å². The average Bonchev–Trinajstić information content (AvgIpc) is 3.32. The van der Waals surface area contributed by atoms with Crippen LogP contribution in [0.1, 0.15) is 35.6 Å². The maximum atomic E-state index is 12.7.